The normalized spacial score (nSPS) is 8.50. The van der Waals surface area contributed by atoms with Crippen molar-refractivity contribution in [2.75, 3.05) is 7.11 Å². The van der Waals surface area contributed by atoms with Crippen molar-refractivity contribution in [1.82, 2.24) is 4.57 Å². The van der Waals surface area contributed by atoms with E-state index in [2.05, 4.69) is 16.6 Å². The molecule has 0 aliphatic heterocycles. The molecular weight excluding hydrogens is 154 g/mol. The predicted molar refractivity (Wildman–Crippen MR) is 44.3 cm³/mol. The summed E-state index contributed by atoms with van der Waals surface area (Å²) in [7, 11) is 3.17. The van der Waals surface area contributed by atoms with Crippen molar-refractivity contribution in [2.24, 2.45) is 7.05 Å². The Morgan fingerprint density at radius 3 is 2.92 bits per heavy atom. The van der Waals surface area contributed by atoms with E-state index < -0.39 is 5.97 Å². The summed E-state index contributed by atoms with van der Waals surface area (Å²) in [5.74, 6) is 4.51. The molecule has 0 N–H and O–H groups in total. The Bertz CT molecular complexity index is 341. The van der Waals surface area contributed by atoms with Crippen LogP contribution in [0.25, 0.3) is 0 Å². The molecule has 12 heavy (non-hydrogen) atoms. The lowest BCUT2D eigenvalue weighted by Crippen LogP contribution is -1.95. The molecule has 0 atom stereocenters. The number of aromatic nitrogens is 1. The molecule has 0 aliphatic rings. The highest BCUT2D eigenvalue weighted by molar-refractivity contribution is 5.88. The van der Waals surface area contributed by atoms with E-state index in [-0.39, 0.29) is 0 Å². The van der Waals surface area contributed by atoms with Crippen LogP contribution in [0.4, 0.5) is 0 Å². The maximum atomic E-state index is 10.6. The van der Waals surface area contributed by atoms with Crippen molar-refractivity contribution < 1.29 is 9.53 Å². The number of rotatable bonds is 0. The molecule has 62 valence electrons. The van der Waals surface area contributed by atoms with Crippen LogP contribution in [0.5, 0.6) is 0 Å². The lowest BCUT2D eigenvalue weighted by atomic mass is 10.4. The van der Waals surface area contributed by atoms with Gasteiger partial charge in [0.2, 0.25) is 0 Å². The van der Waals surface area contributed by atoms with Gasteiger partial charge in [0.1, 0.15) is 0 Å². The van der Waals surface area contributed by atoms with Crippen LogP contribution in [0.1, 0.15) is 5.69 Å². The Morgan fingerprint density at radius 1 is 1.67 bits per heavy atom. The molecule has 1 aromatic heterocycles. The van der Waals surface area contributed by atoms with Crippen LogP contribution in [0.3, 0.4) is 0 Å². The molecule has 1 heterocycles. The molecule has 3 heteroatoms. The summed E-state index contributed by atoms with van der Waals surface area (Å²) >= 11 is 0. The Hall–Kier alpha value is -1.69. The summed E-state index contributed by atoms with van der Waals surface area (Å²) in [5.41, 5.74) is 0.792. The number of carbonyl (C=O) groups is 1. The number of esters is 1. The zero-order chi connectivity index (χ0) is 8.97. The summed E-state index contributed by atoms with van der Waals surface area (Å²) < 4.78 is 6.20. The van der Waals surface area contributed by atoms with Gasteiger partial charge in [-0.2, -0.15) is 0 Å². The van der Waals surface area contributed by atoms with Crippen LogP contribution >= 0.6 is 0 Å². The SMILES string of the molecule is COC(=O)C#Cc1cccn1C. The molecule has 0 spiro atoms. The van der Waals surface area contributed by atoms with Gasteiger partial charge >= 0.3 is 5.97 Å². The number of hydrogen-bond donors (Lipinski definition) is 0. The van der Waals surface area contributed by atoms with Crippen molar-refractivity contribution in [3.8, 4) is 11.8 Å². The quantitative estimate of drug-likeness (QED) is 0.413. The molecule has 0 aliphatic carbocycles. The fourth-order valence-electron chi connectivity index (χ4n) is 0.757. The third-order valence-electron chi connectivity index (χ3n) is 1.42. The lowest BCUT2D eigenvalue weighted by Gasteiger charge is -1.90. The van der Waals surface area contributed by atoms with Gasteiger partial charge in [-0.1, -0.05) is 0 Å². The molecule has 0 bridgehead atoms. The molecule has 0 saturated carbocycles. The van der Waals surface area contributed by atoms with Crippen molar-refractivity contribution in [1.29, 1.82) is 0 Å². The average molecular weight is 163 g/mol. The monoisotopic (exact) mass is 163 g/mol. The highest BCUT2D eigenvalue weighted by Crippen LogP contribution is 1.95. The third kappa shape index (κ3) is 1.89. The zero-order valence-electron chi connectivity index (χ0n) is 7.00. The molecule has 0 amide bonds. The molecule has 3 nitrogen and oxygen atoms in total. The minimum atomic E-state index is -0.517. The molecule has 0 fully saturated rings. The van der Waals surface area contributed by atoms with Gasteiger partial charge in [-0.25, -0.2) is 4.79 Å². The number of methoxy groups -OCH3 is 1. The van der Waals surface area contributed by atoms with E-state index in [0.717, 1.165) is 5.69 Å². The van der Waals surface area contributed by atoms with E-state index >= 15 is 0 Å². The average Bonchev–Trinajstić information content (AvgIpc) is 2.47. The van der Waals surface area contributed by atoms with E-state index in [0.29, 0.717) is 0 Å². The highest BCUT2D eigenvalue weighted by Gasteiger charge is 1.92. The Morgan fingerprint density at radius 2 is 2.42 bits per heavy atom. The van der Waals surface area contributed by atoms with Crippen molar-refractivity contribution >= 4 is 5.97 Å². The first-order valence-electron chi connectivity index (χ1n) is 3.45. The second-order valence-corrected chi connectivity index (χ2v) is 2.25. The number of aryl methyl sites for hydroxylation is 1. The topological polar surface area (TPSA) is 31.2 Å². The van der Waals surface area contributed by atoms with Crippen LogP contribution in [-0.2, 0) is 16.6 Å². The van der Waals surface area contributed by atoms with Crippen LogP contribution in [0.15, 0.2) is 18.3 Å². The molecular formula is C9H9NO2. The van der Waals surface area contributed by atoms with Gasteiger partial charge in [0.05, 0.1) is 12.8 Å². The second-order valence-electron chi connectivity index (χ2n) is 2.25. The Kier molecular flexibility index (Phi) is 2.54. The summed E-state index contributed by atoms with van der Waals surface area (Å²) in [4.78, 5) is 10.6. The maximum absolute atomic E-state index is 10.6. The lowest BCUT2D eigenvalue weighted by molar-refractivity contribution is -0.133. The van der Waals surface area contributed by atoms with E-state index in [1.54, 1.807) is 0 Å². The highest BCUT2D eigenvalue weighted by atomic mass is 16.5. The molecule has 0 unspecified atom stereocenters. The maximum Gasteiger partial charge on any atom is 0.384 e. The smallest absolute Gasteiger partial charge is 0.384 e. The number of carbonyl (C=O) groups excluding carboxylic acids is 1. The first-order chi connectivity index (χ1) is 5.74. The van der Waals surface area contributed by atoms with Gasteiger partial charge in [-0.05, 0) is 18.1 Å². The van der Waals surface area contributed by atoms with Crippen molar-refractivity contribution in [3.05, 3.63) is 24.0 Å². The Balaban J connectivity index is 2.79. The number of nitrogens with zero attached hydrogens (tertiary/aromatic N) is 1. The van der Waals surface area contributed by atoms with E-state index in [1.807, 2.05) is 29.9 Å². The van der Waals surface area contributed by atoms with Crippen LogP contribution in [0.2, 0.25) is 0 Å². The van der Waals surface area contributed by atoms with Gasteiger partial charge < -0.3 is 9.30 Å². The van der Waals surface area contributed by atoms with Crippen LogP contribution < -0.4 is 0 Å². The fourth-order valence-corrected chi connectivity index (χ4v) is 0.757. The Labute approximate surface area is 70.9 Å². The largest absolute Gasteiger partial charge is 0.459 e. The number of hydrogen-bond acceptors (Lipinski definition) is 2. The molecule has 0 saturated heterocycles. The van der Waals surface area contributed by atoms with Gasteiger partial charge in [-0.15, -0.1) is 0 Å². The first kappa shape index (κ1) is 8.41. The third-order valence-corrected chi connectivity index (χ3v) is 1.42. The molecule has 1 rings (SSSR count). The minimum absolute atomic E-state index is 0.517. The van der Waals surface area contributed by atoms with Crippen LogP contribution in [0, 0.1) is 11.8 Å². The molecule has 1 aromatic rings. The van der Waals surface area contributed by atoms with Gasteiger partial charge in [-0.3, -0.25) is 0 Å². The van der Waals surface area contributed by atoms with E-state index in [9.17, 15) is 4.79 Å². The molecule has 0 radical (unpaired) electrons. The molecule has 0 aromatic carbocycles. The summed E-state index contributed by atoms with van der Waals surface area (Å²) in [6.45, 7) is 0. The summed E-state index contributed by atoms with van der Waals surface area (Å²) in [6.07, 6.45) is 1.86. The number of ether oxygens (including phenoxy) is 1. The standard InChI is InChI=1S/C9H9NO2/c1-10-7-3-4-8(10)5-6-9(11)12-2/h3-4,7H,1-2H3. The fraction of sp³-hybridized carbons (Fsp3) is 0.222. The van der Waals surface area contributed by atoms with Gasteiger partial charge in [0.15, 0.2) is 0 Å². The first-order valence-corrected chi connectivity index (χ1v) is 3.45. The minimum Gasteiger partial charge on any atom is -0.459 e. The van der Waals surface area contributed by atoms with Gasteiger partial charge in [0, 0.05) is 19.2 Å². The van der Waals surface area contributed by atoms with E-state index in [4.69, 9.17) is 0 Å². The predicted octanol–water partition coefficient (Wildman–Crippen LogP) is 0.550. The van der Waals surface area contributed by atoms with Crippen LogP contribution in [-0.4, -0.2) is 17.6 Å². The van der Waals surface area contributed by atoms with E-state index in [1.165, 1.54) is 7.11 Å². The van der Waals surface area contributed by atoms with Crippen molar-refractivity contribution in [2.45, 2.75) is 0 Å². The summed E-state index contributed by atoms with van der Waals surface area (Å²) in [5, 5.41) is 0. The summed E-state index contributed by atoms with van der Waals surface area (Å²) in [6, 6.07) is 3.69. The van der Waals surface area contributed by atoms with Crippen molar-refractivity contribution in [3.63, 3.8) is 0 Å². The zero-order valence-corrected chi connectivity index (χ0v) is 7.00. The second kappa shape index (κ2) is 3.63. The van der Waals surface area contributed by atoms with Gasteiger partial charge in [0.25, 0.3) is 0 Å².